The molecule has 0 atom stereocenters. The molecule has 16 heavy (non-hydrogen) atoms. The molecule has 0 unspecified atom stereocenters. The molecule has 0 aromatic carbocycles. The lowest BCUT2D eigenvalue weighted by Crippen LogP contribution is -2.38. The number of hydrogen-bond donors (Lipinski definition) is 1. The maximum absolute atomic E-state index is 11.5. The number of nitrogens with zero attached hydrogens (tertiary/aromatic N) is 2. The van der Waals surface area contributed by atoms with Crippen LogP contribution in [0.2, 0.25) is 0 Å². The molecule has 1 rings (SSSR count). The third-order valence-corrected chi connectivity index (χ3v) is 2.30. The van der Waals surface area contributed by atoms with Gasteiger partial charge >= 0.3 is 5.69 Å². The third-order valence-electron chi connectivity index (χ3n) is 2.30. The molecule has 1 heterocycles. The van der Waals surface area contributed by atoms with Gasteiger partial charge in [-0.3, -0.25) is 18.7 Å². The van der Waals surface area contributed by atoms with E-state index in [0.717, 1.165) is 4.57 Å². The fraction of sp³-hybridized carbons (Fsp3) is 0.500. The third kappa shape index (κ3) is 2.21. The molecule has 1 aromatic heterocycles. The largest absolute Gasteiger partial charge is 0.332 e. The maximum Gasteiger partial charge on any atom is 0.332 e. The quantitative estimate of drug-likeness (QED) is 0.749. The van der Waals surface area contributed by atoms with Crippen molar-refractivity contribution in [1.82, 2.24) is 9.13 Å². The van der Waals surface area contributed by atoms with Crippen LogP contribution in [0.25, 0.3) is 0 Å². The number of aromatic nitrogens is 2. The zero-order valence-electron chi connectivity index (χ0n) is 9.77. The Morgan fingerprint density at radius 1 is 1.25 bits per heavy atom. The van der Waals surface area contributed by atoms with Gasteiger partial charge in [0.15, 0.2) is 0 Å². The Balaban J connectivity index is 3.22. The number of carbonyl (C=O) groups excluding carboxylic acids is 1. The lowest BCUT2D eigenvalue weighted by molar-refractivity contribution is -0.118. The van der Waals surface area contributed by atoms with Gasteiger partial charge in [-0.25, -0.2) is 4.79 Å². The van der Waals surface area contributed by atoms with Gasteiger partial charge < -0.3 is 5.32 Å². The molecule has 1 amide bonds. The van der Waals surface area contributed by atoms with E-state index >= 15 is 0 Å². The summed E-state index contributed by atoms with van der Waals surface area (Å²) in [5.74, 6) is -0.228. The van der Waals surface area contributed by atoms with Gasteiger partial charge in [0.05, 0.1) is 0 Å². The monoisotopic (exact) mass is 225 g/mol. The van der Waals surface area contributed by atoms with Gasteiger partial charge in [-0.2, -0.15) is 0 Å². The highest BCUT2D eigenvalue weighted by atomic mass is 16.2. The number of carbonyl (C=O) groups is 1. The van der Waals surface area contributed by atoms with Crippen molar-refractivity contribution < 1.29 is 4.79 Å². The van der Waals surface area contributed by atoms with Gasteiger partial charge in [-0.15, -0.1) is 0 Å². The van der Waals surface area contributed by atoms with Gasteiger partial charge in [-0.1, -0.05) is 13.8 Å². The summed E-state index contributed by atoms with van der Waals surface area (Å²) in [6.07, 6.45) is 0. The highest BCUT2D eigenvalue weighted by molar-refractivity contribution is 5.91. The molecule has 0 bridgehead atoms. The minimum atomic E-state index is -0.466. The Morgan fingerprint density at radius 2 is 1.81 bits per heavy atom. The second-order valence-corrected chi connectivity index (χ2v) is 3.91. The fourth-order valence-electron chi connectivity index (χ4n) is 1.12. The van der Waals surface area contributed by atoms with Crippen LogP contribution in [0.1, 0.15) is 13.8 Å². The van der Waals surface area contributed by atoms with E-state index in [9.17, 15) is 14.4 Å². The lowest BCUT2D eigenvalue weighted by atomic mass is 10.2. The van der Waals surface area contributed by atoms with Crippen LogP contribution in [0.5, 0.6) is 0 Å². The van der Waals surface area contributed by atoms with E-state index in [2.05, 4.69) is 5.32 Å². The van der Waals surface area contributed by atoms with Crippen LogP contribution >= 0.6 is 0 Å². The lowest BCUT2D eigenvalue weighted by Gasteiger charge is -2.11. The fourth-order valence-corrected chi connectivity index (χ4v) is 1.12. The first-order valence-electron chi connectivity index (χ1n) is 4.92. The smallest absolute Gasteiger partial charge is 0.312 e. The predicted molar refractivity (Wildman–Crippen MR) is 60.4 cm³/mol. The van der Waals surface area contributed by atoms with Crippen LogP contribution in [0.4, 0.5) is 5.82 Å². The Bertz CT molecular complexity index is 525. The van der Waals surface area contributed by atoms with Gasteiger partial charge in [0.2, 0.25) is 5.91 Å². The number of nitrogens with one attached hydrogen (secondary N) is 1. The van der Waals surface area contributed by atoms with Crippen molar-refractivity contribution in [2.75, 3.05) is 5.32 Å². The molecule has 1 N–H and O–H groups in total. The molecule has 0 aliphatic heterocycles. The zero-order chi connectivity index (χ0) is 12.5. The molecule has 0 spiro atoms. The van der Waals surface area contributed by atoms with Crippen molar-refractivity contribution in [3.8, 4) is 0 Å². The van der Waals surface area contributed by atoms with Crippen LogP contribution in [0.15, 0.2) is 15.7 Å². The minimum absolute atomic E-state index is 0.209. The van der Waals surface area contributed by atoms with Crippen LogP contribution < -0.4 is 16.6 Å². The van der Waals surface area contributed by atoms with Crippen LogP contribution in [-0.4, -0.2) is 15.0 Å². The van der Waals surface area contributed by atoms with Crippen molar-refractivity contribution in [2.45, 2.75) is 13.8 Å². The minimum Gasteiger partial charge on any atom is -0.312 e. The van der Waals surface area contributed by atoms with Crippen LogP contribution in [-0.2, 0) is 18.9 Å². The number of amides is 1. The molecule has 88 valence electrons. The van der Waals surface area contributed by atoms with E-state index in [1.54, 1.807) is 13.8 Å². The van der Waals surface area contributed by atoms with Crippen molar-refractivity contribution in [3.05, 3.63) is 26.9 Å². The molecule has 0 saturated carbocycles. The molecule has 6 heteroatoms. The Morgan fingerprint density at radius 3 is 2.31 bits per heavy atom. The summed E-state index contributed by atoms with van der Waals surface area (Å²) in [6.45, 7) is 3.46. The molecule has 6 nitrogen and oxygen atoms in total. The van der Waals surface area contributed by atoms with Crippen molar-refractivity contribution in [2.24, 2.45) is 20.0 Å². The van der Waals surface area contributed by atoms with Crippen molar-refractivity contribution >= 4 is 11.7 Å². The zero-order valence-corrected chi connectivity index (χ0v) is 9.77. The van der Waals surface area contributed by atoms with Gasteiger partial charge in [0.1, 0.15) is 5.82 Å². The van der Waals surface area contributed by atoms with E-state index in [4.69, 9.17) is 0 Å². The predicted octanol–water partition coefficient (Wildman–Crippen LogP) is -0.322. The first kappa shape index (κ1) is 12.2. The first-order chi connectivity index (χ1) is 7.34. The van der Waals surface area contributed by atoms with E-state index in [0.29, 0.717) is 0 Å². The summed E-state index contributed by atoms with van der Waals surface area (Å²) in [5.41, 5.74) is -0.909. The molecule has 0 aliphatic carbocycles. The van der Waals surface area contributed by atoms with Crippen molar-refractivity contribution in [3.63, 3.8) is 0 Å². The standard InChI is InChI=1S/C10H15N3O3/c1-6(2)9(15)11-7-5-8(14)13(4)10(16)12(7)3/h5-6H,1-4H3,(H,11,15). The highest BCUT2D eigenvalue weighted by Crippen LogP contribution is 2.02. The Labute approximate surface area is 92.5 Å². The second kappa shape index (κ2) is 4.34. The summed E-state index contributed by atoms with van der Waals surface area (Å²) in [7, 11) is 2.89. The molecule has 1 aromatic rings. The van der Waals surface area contributed by atoms with Gasteiger partial charge in [0, 0.05) is 26.1 Å². The van der Waals surface area contributed by atoms with Crippen molar-refractivity contribution in [1.29, 1.82) is 0 Å². The molecule has 0 aliphatic rings. The van der Waals surface area contributed by atoms with Gasteiger partial charge in [0.25, 0.3) is 5.56 Å². The summed E-state index contributed by atoms with van der Waals surface area (Å²) in [6, 6.07) is 1.22. The van der Waals surface area contributed by atoms with E-state index in [1.807, 2.05) is 0 Å². The number of rotatable bonds is 2. The molecule has 0 saturated heterocycles. The van der Waals surface area contributed by atoms with Crippen LogP contribution in [0.3, 0.4) is 0 Å². The summed E-state index contributed by atoms with van der Waals surface area (Å²) >= 11 is 0. The SMILES string of the molecule is CC(C)C(=O)Nc1cc(=O)n(C)c(=O)n1C. The number of hydrogen-bond acceptors (Lipinski definition) is 3. The number of anilines is 1. The van der Waals surface area contributed by atoms with E-state index < -0.39 is 11.2 Å². The van der Waals surface area contributed by atoms with Gasteiger partial charge in [-0.05, 0) is 0 Å². The first-order valence-corrected chi connectivity index (χ1v) is 4.92. The van der Waals surface area contributed by atoms with E-state index in [1.165, 1.54) is 24.7 Å². The Kier molecular flexibility index (Phi) is 3.31. The summed E-state index contributed by atoms with van der Waals surface area (Å²) < 4.78 is 2.20. The average Bonchev–Trinajstić information content (AvgIpc) is 2.22. The molecule has 0 fully saturated rings. The molecular formula is C10H15N3O3. The summed E-state index contributed by atoms with van der Waals surface area (Å²) in [4.78, 5) is 34.3. The highest BCUT2D eigenvalue weighted by Gasteiger charge is 2.11. The topological polar surface area (TPSA) is 73.1 Å². The van der Waals surface area contributed by atoms with E-state index in [-0.39, 0.29) is 17.6 Å². The normalized spacial score (nSPS) is 10.6. The summed E-state index contributed by atoms with van der Waals surface area (Å²) in [5, 5.41) is 2.53. The molecular weight excluding hydrogens is 210 g/mol. The second-order valence-electron chi connectivity index (χ2n) is 3.91. The Hall–Kier alpha value is -1.85. The van der Waals surface area contributed by atoms with Crippen LogP contribution in [0, 0.1) is 5.92 Å². The molecule has 0 radical (unpaired) electrons. The maximum atomic E-state index is 11.5. The average molecular weight is 225 g/mol.